The lowest BCUT2D eigenvalue weighted by Gasteiger charge is -2.36. The number of nitrogens with zero attached hydrogens (tertiary/aromatic N) is 2. The fourth-order valence-electron chi connectivity index (χ4n) is 2.88. The molecule has 24 heavy (non-hydrogen) atoms. The Bertz CT molecular complexity index is 668. The zero-order valence-corrected chi connectivity index (χ0v) is 15.3. The highest BCUT2D eigenvalue weighted by Crippen LogP contribution is 2.21. The fourth-order valence-corrected chi connectivity index (χ4v) is 2.88. The quantitative estimate of drug-likeness (QED) is 0.827. The number of rotatable bonds is 2. The first kappa shape index (κ1) is 20.1. The summed E-state index contributed by atoms with van der Waals surface area (Å²) in [6.07, 6.45) is 0. The molecule has 0 aromatic heterocycles. The summed E-state index contributed by atoms with van der Waals surface area (Å²) in [6.45, 7) is 5.35. The third-order valence-electron chi connectivity index (χ3n) is 4.18. The lowest BCUT2D eigenvalue weighted by atomic mass is 10.1. The van der Waals surface area contributed by atoms with E-state index < -0.39 is 0 Å². The molecular weight excluding hydrogens is 345 g/mol. The van der Waals surface area contributed by atoms with Gasteiger partial charge in [0.25, 0.3) is 5.91 Å². The highest BCUT2D eigenvalue weighted by Gasteiger charge is 2.22. The highest BCUT2D eigenvalue weighted by atomic mass is 35.5. The Hall–Kier alpha value is -1.91. The van der Waals surface area contributed by atoms with Crippen LogP contribution < -0.4 is 10.6 Å². The number of carbonyl (C=O) groups excluding carboxylic acids is 1. The number of aryl methyl sites for hydroxylation is 1. The smallest absolute Gasteiger partial charge is 0.253 e. The van der Waals surface area contributed by atoms with Crippen molar-refractivity contribution in [2.75, 3.05) is 36.8 Å². The minimum absolute atomic E-state index is 0. The Morgan fingerprint density at radius 2 is 1.50 bits per heavy atom. The monoisotopic (exact) mass is 367 g/mol. The molecule has 1 fully saturated rings. The number of benzene rings is 2. The van der Waals surface area contributed by atoms with Gasteiger partial charge >= 0.3 is 0 Å². The maximum absolute atomic E-state index is 12.5. The average molecular weight is 368 g/mol. The summed E-state index contributed by atoms with van der Waals surface area (Å²) < 4.78 is 0. The van der Waals surface area contributed by atoms with Gasteiger partial charge in [-0.3, -0.25) is 4.79 Å². The van der Waals surface area contributed by atoms with Crippen LogP contribution in [0.4, 0.5) is 11.4 Å². The standard InChI is InChI=1S/C18H21N3O.2ClH/c1-14-4-2-3-5-17(14)20-10-12-21(13-11-20)18(22)15-6-8-16(19)9-7-15;;/h2-9H,10-13,19H2,1H3;2*1H. The molecule has 2 aromatic carbocycles. The van der Waals surface area contributed by atoms with Gasteiger partial charge in [-0.15, -0.1) is 24.8 Å². The number of piperazine rings is 1. The van der Waals surface area contributed by atoms with Gasteiger partial charge in [-0.25, -0.2) is 0 Å². The molecule has 0 bridgehead atoms. The largest absolute Gasteiger partial charge is 0.399 e. The minimum Gasteiger partial charge on any atom is -0.399 e. The van der Waals surface area contributed by atoms with Crippen molar-refractivity contribution >= 4 is 42.1 Å². The van der Waals surface area contributed by atoms with Gasteiger partial charge < -0.3 is 15.5 Å². The van der Waals surface area contributed by atoms with Crippen LogP contribution in [0.2, 0.25) is 0 Å². The van der Waals surface area contributed by atoms with Crippen LogP contribution in [-0.2, 0) is 0 Å². The Labute approximate surface area is 155 Å². The van der Waals surface area contributed by atoms with Crippen LogP contribution >= 0.6 is 24.8 Å². The predicted molar refractivity (Wildman–Crippen MR) is 105 cm³/mol. The van der Waals surface area contributed by atoms with Crippen LogP contribution in [0.3, 0.4) is 0 Å². The zero-order valence-electron chi connectivity index (χ0n) is 13.6. The first-order valence-corrected chi connectivity index (χ1v) is 7.60. The van der Waals surface area contributed by atoms with Gasteiger partial charge in [0.15, 0.2) is 0 Å². The van der Waals surface area contributed by atoms with Crippen LogP contribution in [0.5, 0.6) is 0 Å². The van der Waals surface area contributed by atoms with Gasteiger partial charge in [-0.2, -0.15) is 0 Å². The molecule has 6 heteroatoms. The van der Waals surface area contributed by atoms with Gasteiger partial charge in [0.05, 0.1) is 0 Å². The molecule has 0 atom stereocenters. The molecule has 2 aromatic rings. The van der Waals surface area contributed by atoms with Crippen LogP contribution in [0.15, 0.2) is 48.5 Å². The molecule has 1 aliphatic heterocycles. The van der Waals surface area contributed by atoms with Crippen molar-refractivity contribution < 1.29 is 4.79 Å². The van der Waals surface area contributed by atoms with Gasteiger partial charge in [-0.1, -0.05) is 18.2 Å². The summed E-state index contributed by atoms with van der Waals surface area (Å²) in [4.78, 5) is 16.8. The van der Waals surface area contributed by atoms with E-state index in [2.05, 4.69) is 36.1 Å². The maximum Gasteiger partial charge on any atom is 0.253 e. The summed E-state index contributed by atoms with van der Waals surface area (Å²) in [6, 6.07) is 15.5. The topological polar surface area (TPSA) is 49.6 Å². The highest BCUT2D eigenvalue weighted by molar-refractivity contribution is 5.94. The molecule has 1 aliphatic rings. The Morgan fingerprint density at radius 1 is 0.917 bits per heavy atom. The SMILES string of the molecule is Cc1ccccc1N1CCN(C(=O)c2ccc(N)cc2)CC1.Cl.Cl. The summed E-state index contributed by atoms with van der Waals surface area (Å²) in [7, 11) is 0. The molecule has 0 spiro atoms. The molecule has 1 saturated heterocycles. The second-order valence-corrected chi connectivity index (χ2v) is 5.69. The number of nitrogen functional groups attached to an aromatic ring is 1. The third-order valence-corrected chi connectivity index (χ3v) is 4.18. The van der Waals surface area contributed by atoms with Gasteiger partial charge in [0.2, 0.25) is 0 Å². The van der Waals surface area contributed by atoms with Crippen molar-refractivity contribution in [3.8, 4) is 0 Å². The summed E-state index contributed by atoms with van der Waals surface area (Å²) in [5.74, 6) is 0.0874. The predicted octanol–water partition coefficient (Wildman–Crippen LogP) is 3.38. The first-order valence-electron chi connectivity index (χ1n) is 7.60. The van der Waals surface area contributed by atoms with Crippen LogP contribution in [-0.4, -0.2) is 37.0 Å². The van der Waals surface area contributed by atoms with E-state index in [0.29, 0.717) is 11.3 Å². The van der Waals surface area contributed by atoms with E-state index in [4.69, 9.17) is 5.73 Å². The number of halogens is 2. The number of nitrogens with two attached hydrogens (primary N) is 1. The Kier molecular flexibility index (Phi) is 7.39. The molecule has 2 N–H and O–H groups in total. The Morgan fingerprint density at radius 3 is 2.08 bits per heavy atom. The van der Waals surface area contributed by atoms with Crippen molar-refractivity contribution in [3.05, 3.63) is 59.7 Å². The zero-order chi connectivity index (χ0) is 15.5. The second kappa shape index (κ2) is 8.81. The fraction of sp³-hybridized carbons (Fsp3) is 0.278. The Balaban J connectivity index is 0.00000144. The van der Waals surface area contributed by atoms with E-state index in [-0.39, 0.29) is 30.7 Å². The van der Waals surface area contributed by atoms with Crippen molar-refractivity contribution in [3.63, 3.8) is 0 Å². The first-order chi connectivity index (χ1) is 10.6. The molecule has 3 rings (SSSR count). The normalized spacial score (nSPS) is 13.7. The van der Waals surface area contributed by atoms with Crippen LogP contribution in [0, 0.1) is 6.92 Å². The van der Waals surface area contributed by atoms with Crippen LogP contribution in [0.1, 0.15) is 15.9 Å². The summed E-state index contributed by atoms with van der Waals surface area (Å²) in [5, 5.41) is 0. The number of carbonyl (C=O) groups is 1. The van der Waals surface area contributed by atoms with Gasteiger partial charge in [0.1, 0.15) is 0 Å². The molecule has 1 amide bonds. The van der Waals surface area contributed by atoms with E-state index >= 15 is 0 Å². The molecule has 1 heterocycles. The summed E-state index contributed by atoms with van der Waals surface area (Å²) >= 11 is 0. The number of amides is 1. The molecule has 0 unspecified atom stereocenters. The van der Waals surface area contributed by atoms with E-state index in [9.17, 15) is 4.79 Å². The molecule has 0 aliphatic carbocycles. The third kappa shape index (κ3) is 4.34. The van der Waals surface area contributed by atoms with E-state index in [0.717, 1.165) is 26.2 Å². The minimum atomic E-state index is 0. The number of hydrogen-bond acceptors (Lipinski definition) is 3. The van der Waals surface area contributed by atoms with Crippen molar-refractivity contribution in [2.24, 2.45) is 0 Å². The average Bonchev–Trinajstić information content (AvgIpc) is 2.56. The lowest BCUT2D eigenvalue weighted by molar-refractivity contribution is 0.0747. The van der Waals surface area contributed by atoms with E-state index in [1.165, 1.54) is 11.3 Å². The summed E-state index contributed by atoms with van der Waals surface area (Å²) in [5.41, 5.74) is 9.60. The molecule has 0 saturated carbocycles. The molecule has 0 radical (unpaired) electrons. The van der Waals surface area contributed by atoms with Gasteiger partial charge in [0, 0.05) is 43.1 Å². The van der Waals surface area contributed by atoms with Crippen molar-refractivity contribution in [1.29, 1.82) is 0 Å². The van der Waals surface area contributed by atoms with Gasteiger partial charge in [-0.05, 0) is 42.8 Å². The van der Waals surface area contributed by atoms with E-state index in [1.54, 1.807) is 24.3 Å². The van der Waals surface area contributed by atoms with Crippen LogP contribution in [0.25, 0.3) is 0 Å². The number of hydrogen-bond donors (Lipinski definition) is 1. The maximum atomic E-state index is 12.5. The lowest BCUT2D eigenvalue weighted by Crippen LogP contribution is -2.49. The number of anilines is 2. The molecule has 130 valence electrons. The second-order valence-electron chi connectivity index (χ2n) is 5.69. The molecular formula is C18H23Cl2N3O. The molecule has 4 nitrogen and oxygen atoms in total. The van der Waals surface area contributed by atoms with Crippen molar-refractivity contribution in [1.82, 2.24) is 4.90 Å². The van der Waals surface area contributed by atoms with Crippen molar-refractivity contribution in [2.45, 2.75) is 6.92 Å². The number of para-hydroxylation sites is 1. The van der Waals surface area contributed by atoms with E-state index in [1.807, 2.05) is 4.90 Å².